The maximum absolute atomic E-state index is 13.3. The first-order chi connectivity index (χ1) is 10.4. The maximum atomic E-state index is 13.3. The molecule has 2 aromatic rings. The number of esters is 1. The van der Waals surface area contributed by atoms with Gasteiger partial charge in [-0.15, -0.1) is 0 Å². The number of benzene rings is 1. The summed E-state index contributed by atoms with van der Waals surface area (Å²) >= 11 is 11.3. The highest BCUT2D eigenvalue weighted by atomic mass is 35.5. The molecule has 22 heavy (non-hydrogen) atoms. The first-order valence-electron chi connectivity index (χ1n) is 5.91. The highest BCUT2D eigenvalue weighted by molar-refractivity contribution is 6.36. The zero-order valence-electron chi connectivity index (χ0n) is 11.2. The Morgan fingerprint density at radius 3 is 2.68 bits per heavy atom. The lowest BCUT2D eigenvalue weighted by Gasteiger charge is -2.06. The van der Waals surface area contributed by atoms with Gasteiger partial charge in [0.05, 0.1) is 15.6 Å². The van der Waals surface area contributed by atoms with Crippen LogP contribution in [-0.2, 0) is 9.53 Å². The summed E-state index contributed by atoms with van der Waals surface area (Å²) in [6, 6.07) is 3.41. The van der Waals surface area contributed by atoms with Gasteiger partial charge in [0.25, 0.3) is 5.91 Å². The number of hydrogen-bond acceptors (Lipinski definition) is 5. The van der Waals surface area contributed by atoms with Crippen LogP contribution in [0.15, 0.2) is 22.7 Å². The van der Waals surface area contributed by atoms with Crippen molar-refractivity contribution in [3.63, 3.8) is 0 Å². The summed E-state index contributed by atoms with van der Waals surface area (Å²) in [5.41, 5.74) is -0.228. The average molecular weight is 347 g/mol. The zero-order chi connectivity index (χ0) is 16.3. The fraction of sp³-hybridized carbons (Fsp3) is 0.154. The third-order valence-corrected chi connectivity index (χ3v) is 3.06. The highest BCUT2D eigenvalue weighted by Crippen LogP contribution is 2.24. The summed E-state index contributed by atoms with van der Waals surface area (Å²) < 4.78 is 22.8. The SMILES string of the molecule is Cc1cc(NC(=O)COC(=O)c2cc(F)c(Cl)cc2Cl)no1. The van der Waals surface area contributed by atoms with Crippen LogP contribution in [0.5, 0.6) is 0 Å². The molecule has 116 valence electrons. The minimum atomic E-state index is -0.952. The molecule has 2 rings (SSSR count). The van der Waals surface area contributed by atoms with Crippen LogP contribution in [0.4, 0.5) is 10.2 Å². The van der Waals surface area contributed by atoms with Crippen LogP contribution in [0.25, 0.3) is 0 Å². The van der Waals surface area contributed by atoms with Crippen molar-refractivity contribution in [2.24, 2.45) is 0 Å². The molecule has 0 atom stereocenters. The van der Waals surface area contributed by atoms with Gasteiger partial charge in [-0.2, -0.15) is 0 Å². The molecule has 0 spiro atoms. The molecular weight excluding hydrogens is 338 g/mol. The standard InChI is InChI=1S/C13H9Cl2FN2O4/c1-6-2-11(18-22-6)17-12(19)5-21-13(20)7-3-10(16)9(15)4-8(7)14/h2-4H,5H2,1H3,(H,17,18,19). The Hall–Kier alpha value is -2.12. The lowest BCUT2D eigenvalue weighted by Crippen LogP contribution is -2.21. The van der Waals surface area contributed by atoms with Crippen LogP contribution in [0.2, 0.25) is 10.0 Å². The van der Waals surface area contributed by atoms with Gasteiger partial charge in [-0.25, -0.2) is 9.18 Å². The number of rotatable bonds is 4. The zero-order valence-corrected chi connectivity index (χ0v) is 12.7. The molecule has 1 aromatic carbocycles. The van der Waals surface area contributed by atoms with Crippen LogP contribution in [0.3, 0.4) is 0 Å². The summed E-state index contributed by atoms with van der Waals surface area (Å²) in [6.45, 7) is 1.06. The minimum Gasteiger partial charge on any atom is -0.452 e. The molecule has 0 fully saturated rings. The van der Waals surface area contributed by atoms with E-state index in [2.05, 4.69) is 10.5 Å². The molecule has 1 amide bonds. The lowest BCUT2D eigenvalue weighted by molar-refractivity contribution is -0.119. The Morgan fingerprint density at radius 2 is 2.05 bits per heavy atom. The number of anilines is 1. The van der Waals surface area contributed by atoms with Gasteiger partial charge in [0.2, 0.25) is 0 Å². The van der Waals surface area contributed by atoms with Crippen molar-refractivity contribution in [2.45, 2.75) is 6.92 Å². The van der Waals surface area contributed by atoms with Gasteiger partial charge in [0.15, 0.2) is 12.4 Å². The van der Waals surface area contributed by atoms with E-state index in [1.807, 2.05) is 0 Å². The second-order valence-electron chi connectivity index (χ2n) is 4.19. The predicted octanol–water partition coefficient (Wildman–Crippen LogP) is 3.22. The fourth-order valence-electron chi connectivity index (χ4n) is 1.49. The van der Waals surface area contributed by atoms with Gasteiger partial charge in [0, 0.05) is 6.07 Å². The Morgan fingerprint density at radius 1 is 1.32 bits per heavy atom. The van der Waals surface area contributed by atoms with Crippen LogP contribution < -0.4 is 5.32 Å². The number of carbonyl (C=O) groups excluding carboxylic acids is 2. The molecule has 0 unspecified atom stereocenters. The van der Waals surface area contributed by atoms with E-state index in [0.717, 1.165) is 12.1 Å². The van der Waals surface area contributed by atoms with Crippen LogP contribution in [0.1, 0.15) is 16.1 Å². The van der Waals surface area contributed by atoms with Crippen LogP contribution in [0, 0.1) is 12.7 Å². The number of halogens is 3. The minimum absolute atomic E-state index is 0.0797. The Bertz CT molecular complexity index is 733. The predicted molar refractivity (Wildman–Crippen MR) is 76.6 cm³/mol. The topological polar surface area (TPSA) is 81.4 Å². The second-order valence-corrected chi connectivity index (χ2v) is 5.01. The van der Waals surface area contributed by atoms with Gasteiger partial charge in [-0.1, -0.05) is 28.4 Å². The first-order valence-corrected chi connectivity index (χ1v) is 6.67. The molecule has 0 aliphatic carbocycles. The molecule has 0 aliphatic heterocycles. The number of carbonyl (C=O) groups is 2. The number of ether oxygens (including phenoxy) is 1. The van der Waals surface area contributed by atoms with E-state index >= 15 is 0 Å². The summed E-state index contributed by atoms with van der Waals surface area (Å²) in [5.74, 6) is -1.70. The summed E-state index contributed by atoms with van der Waals surface area (Å²) in [5, 5.41) is 5.60. The Labute approximate surface area is 134 Å². The molecule has 0 radical (unpaired) electrons. The summed E-state index contributed by atoms with van der Waals surface area (Å²) in [4.78, 5) is 23.3. The van der Waals surface area contributed by atoms with Crippen molar-refractivity contribution in [2.75, 3.05) is 11.9 Å². The van der Waals surface area contributed by atoms with E-state index in [1.165, 1.54) is 6.07 Å². The second kappa shape index (κ2) is 6.76. The van der Waals surface area contributed by atoms with Crippen LogP contribution >= 0.6 is 23.2 Å². The van der Waals surface area contributed by atoms with E-state index in [1.54, 1.807) is 6.92 Å². The molecular formula is C13H9Cl2FN2O4. The molecule has 1 heterocycles. The lowest BCUT2D eigenvalue weighted by atomic mass is 10.2. The third-order valence-electron chi connectivity index (χ3n) is 2.46. The molecule has 0 saturated heterocycles. The van der Waals surface area contributed by atoms with Gasteiger partial charge in [-0.3, -0.25) is 4.79 Å². The molecule has 9 heteroatoms. The van der Waals surface area contributed by atoms with E-state index < -0.39 is 24.3 Å². The number of nitrogens with one attached hydrogen (secondary N) is 1. The van der Waals surface area contributed by atoms with Crippen molar-refractivity contribution >= 4 is 40.9 Å². The number of aromatic nitrogens is 1. The van der Waals surface area contributed by atoms with Crippen molar-refractivity contribution in [3.05, 3.63) is 45.4 Å². The van der Waals surface area contributed by atoms with Gasteiger partial charge in [-0.05, 0) is 19.1 Å². The first kappa shape index (κ1) is 16.3. The highest BCUT2D eigenvalue weighted by Gasteiger charge is 2.17. The smallest absolute Gasteiger partial charge is 0.340 e. The normalized spacial score (nSPS) is 10.4. The quantitative estimate of drug-likeness (QED) is 0.678. The number of amides is 1. The van der Waals surface area contributed by atoms with Gasteiger partial charge in [0.1, 0.15) is 11.6 Å². The summed E-state index contributed by atoms with van der Waals surface area (Å²) in [7, 11) is 0. The fourth-order valence-corrected chi connectivity index (χ4v) is 1.95. The van der Waals surface area contributed by atoms with E-state index in [9.17, 15) is 14.0 Å². The molecule has 1 N–H and O–H groups in total. The molecule has 0 saturated carbocycles. The van der Waals surface area contributed by atoms with Crippen molar-refractivity contribution in [1.29, 1.82) is 0 Å². The van der Waals surface area contributed by atoms with E-state index in [0.29, 0.717) is 5.76 Å². The third kappa shape index (κ3) is 3.96. The summed E-state index contributed by atoms with van der Waals surface area (Å²) in [6.07, 6.45) is 0. The van der Waals surface area contributed by atoms with Crippen LogP contribution in [-0.4, -0.2) is 23.6 Å². The number of aryl methyl sites for hydroxylation is 1. The number of hydrogen-bond donors (Lipinski definition) is 1. The van der Waals surface area contributed by atoms with Crippen molar-refractivity contribution in [3.8, 4) is 0 Å². The van der Waals surface area contributed by atoms with Crippen molar-refractivity contribution in [1.82, 2.24) is 5.16 Å². The largest absolute Gasteiger partial charge is 0.452 e. The molecule has 1 aromatic heterocycles. The average Bonchev–Trinajstić information content (AvgIpc) is 2.85. The molecule has 0 bridgehead atoms. The maximum Gasteiger partial charge on any atom is 0.340 e. The Kier molecular flexibility index (Phi) is 4.99. The Balaban J connectivity index is 1.95. The van der Waals surface area contributed by atoms with E-state index in [4.69, 9.17) is 32.5 Å². The van der Waals surface area contributed by atoms with Gasteiger partial charge < -0.3 is 14.6 Å². The molecule has 0 aliphatic rings. The molecule has 6 nitrogen and oxygen atoms in total. The van der Waals surface area contributed by atoms with E-state index in [-0.39, 0.29) is 21.4 Å². The monoisotopic (exact) mass is 346 g/mol. The van der Waals surface area contributed by atoms with Crippen molar-refractivity contribution < 1.29 is 23.2 Å². The van der Waals surface area contributed by atoms with Gasteiger partial charge >= 0.3 is 5.97 Å². The number of nitrogens with zero attached hydrogens (tertiary/aromatic N) is 1.